The molecule has 0 radical (unpaired) electrons. The van der Waals surface area contributed by atoms with Gasteiger partial charge in [-0.15, -0.1) is 0 Å². The molecule has 2 aromatic carbocycles. The summed E-state index contributed by atoms with van der Waals surface area (Å²) in [6.07, 6.45) is 5.01. The fraction of sp³-hybridized carbons (Fsp3) is 0.240. The van der Waals surface area contributed by atoms with Crippen molar-refractivity contribution in [2.45, 2.75) is 41.0 Å². The van der Waals surface area contributed by atoms with Gasteiger partial charge in [0, 0.05) is 0 Å². The molecule has 0 amide bonds. The van der Waals surface area contributed by atoms with Gasteiger partial charge in [-0.2, -0.15) is 0 Å². The number of ether oxygens (including phenoxy) is 1. The second-order valence-electron chi connectivity index (χ2n) is 7.89. The molecule has 0 unspecified atom stereocenters. The zero-order valence-corrected chi connectivity index (χ0v) is 21.9. The van der Waals surface area contributed by atoms with Gasteiger partial charge < -0.3 is 4.42 Å². The summed E-state index contributed by atoms with van der Waals surface area (Å²) in [5, 5.41) is 13.0. The summed E-state index contributed by atoms with van der Waals surface area (Å²) in [7, 11) is -4.25. The van der Waals surface area contributed by atoms with E-state index in [4.69, 9.17) is 9.15 Å². The van der Waals surface area contributed by atoms with Crippen molar-refractivity contribution in [1.29, 1.82) is 0 Å². The van der Waals surface area contributed by atoms with Gasteiger partial charge in [0.2, 0.25) is 0 Å². The number of benzene rings is 2. The first-order valence-corrected chi connectivity index (χ1v) is 16.5. The Morgan fingerprint density at radius 1 is 1.17 bits per heavy atom. The molecule has 1 aliphatic heterocycles. The molecule has 2 N–H and O–H groups in total. The van der Waals surface area contributed by atoms with Crippen LogP contribution in [0.15, 0.2) is 58.1 Å². The summed E-state index contributed by atoms with van der Waals surface area (Å²) in [6.45, 7) is 4.32. The van der Waals surface area contributed by atoms with Crippen LogP contribution in [0.5, 0.6) is 5.75 Å². The van der Waals surface area contributed by atoms with E-state index >= 15 is 0 Å². The van der Waals surface area contributed by atoms with Crippen LogP contribution in [-0.2, 0) is 16.6 Å². The number of carbonyl (C=O) groups is 1. The molecule has 3 aromatic rings. The number of sulfonamides is 1. The first-order valence-electron chi connectivity index (χ1n) is 11.1. The van der Waals surface area contributed by atoms with Gasteiger partial charge in [0.15, 0.2) is 0 Å². The predicted molar refractivity (Wildman–Crippen MR) is 133 cm³/mol. The number of rotatable bonds is 9. The van der Waals surface area contributed by atoms with E-state index in [-0.39, 0.29) is 34.1 Å². The molecule has 0 bridgehead atoms. The van der Waals surface area contributed by atoms with Crippen LogP contribution in [0.2, 0.25) is 15.6 Å². The van der Waals surface area contributed by atoms with Crippen molar-refractivity contribution in [2.24, 2.45) is 0 Å². The maximum absolute atomic E-state index is 14.0. The predicted octanol–water partition coefficient (Wildman–Crippen LogP) is 6.02. The molecule has 184 valence electrons. The van der Waals surface area contributed by atoms with Crippen LogP contribution in [0.3, 0.4) is 0 Å². The molecule has 0 spiro atoms. The van der Waals surface area contributed by atoms with Gasteiger partial charge in [-0.3, -0.25) is 0 Å². The standard InChI is InChI=1S/C25H25AsFNO6S/c1-3-26(4-2)12-5-6-16-14-17(27)7-10-22(16)35(31,32)28-20-9-8-19-18-11-13-33-21(18)15-34-24(19)23(20)25(29)30/h5-11,13-14,28H,3-4,12,15H2,1-2H3,(H,29,30)/b6-5+. The Balaban J connectivity index is 1.72. The van der Waals surface area contributed by atoms with Gasteiger partial charge in [0.1, 0.15) is 5.76 Å². The Morgan fingerprint density at radius 3 is 2.66 bits per heavy atom. The third kappa shape index (κ3) is 5.16. The molecule has 0 saturated carbocycles. The number of furan rings is 1. The van der Waals surface area contributed by atoms with Crippen molar-refractivity contribution in [3.8, 4) is 16.9 Å². The number of fused-ring (bicyclic) bond motifs is 3. The third-order valence-electron chi connectivity index (χ3n) is 5.82. The van der Waals surface area contributed by atoms with Crippen LogP contribution in [0.4, 0.5) is 10.1 Å². The van der Waals surface area contributed by atoms with Gasteiger partial charge in [-0.1, -0.05) is 0 Å². The second-order valence-corrected chi connectivity index (χ2v) is 15.8. The number of aromatic carboxylic acids is 1. The second kappa shape index (κ2) is 10.3. The molecular formula is C25H25AsFNO6S. The molecule has 1 aliphatic rings. The summed E-state index contributed by atoms with van der Waals surface area (Å²) in [4.78, 5) is 12.0. The molecular weight excluding hydrogens is 536 g/mol. The Kier molecular flexibility index (Phi) is 7.38. The van der Waals surface area contributed by atoms with E-state index in [0.29, 0.717) is 16.9 Å². The molecule has 2 heterocycles. The van der Waals surface area contributed by atoms with Gasteiger partial charge in [0.25, 0.3) is 0 Å². The zero-order valence-electron chi connectivity index (χ0n) is 19.2. The van der Waals surface area contributed by atoms with E-state index in [0.717, 1.165) is 27.8 Å². The smallest absolute Gasteiger partial charge is 0.465 e. The van der Waals surface area contributed by atoms with E-state index in [1.54, 1.807) is 18.2 Å². The number of hydrogen-bond acceptors (Lipinski definition) is 5. The summed E-state index contributed by atoms with van der Waals surface area (Å²) >= 11 is -1.01. The van der Waals surface area contributed by atoms with E-state index in [1.165, 1.54) is 18.4 Å². The van der Waals surface area contributed by atoms with Gasteiger partial charge in [-0.25, -0.2) is 0 Å². The van der Waals surface area contributed by atoms with Crippen molar-refractivity contribution in [3.63, 3.8) is 0 Å². The zero-order chi connectivity index (χ0) is 25.2. The first kappa shape index (κ1) is 25.1. The fourth-order valence-corrected chi connectivity index (χ4v) is 8.10. The van der Waals surface area contributed by atoms with Gasteiger partial charge in [-0.05, 0) is 6.07 Å². The van der Waals surface area contributed by atoms with Crippen LogP contribution in [-0.4, -0.2) is 34.1 Å². The quantitative estimate of drug-likeness (QED) is 0.310. The molecule has 4 rings (SSSR count). The number of carboxylic acid groups (broad SMARTS) is 1. The molecule has 0 aliphatic carbocycles. The van der Waals surface area contributed by atoms with Crippen LogP contribution in [0.25, 0.3) is 17.2 Å². The number of carboxylic acids is 1. The van der Waals surface area contributed by atoms with Crippen molar-refractivity contribution < 1.29 is 31.9 Å². The molecule has 10 heteroatoms. The summed E-state index contributed by atoms with van der Waals surface area (Å²) in [5.41, 5.74) is 0.934. The number of allylic oxidation sites excluding steroid dienone is 1. The molecule has 0 atom stereocenters. The molecule has 1 aromatic heterocycles. The minimum absolute atomic E-state index is 0.0265. The minimum Gasteiger partial charge on any atom is -0.465 e. The van der Waals surface area contributed by atoms with Crippen molar-refractivity contribution in [2.75, 3.05) is 4.72 Å². The monoisotopic (exact) mass is 561 g/mol. The Labute approximate surface area is 207 Å². The number of anilines is 1. The average Bonchev–Trinajstić information content (AvgIpc) is 3.30. The molecule has 0 saturated heterocycles. The van der Waals surface area contributed by atoms with E-state index in [1.807, 2.05) is 6.08 Å². The van der Waals surface area contributed by atoms with Crippen LogP contribution < -0.4 is 9.46 Å². The number of halogens is 1. The van der Waals surface area contributed by atoms with E-state index in [9.17, 15) is 22.7 Å². The summed E-state index contributed by atoms with van der Waals surface area (Å²) < 4.78 is 54.0. The Bertz CT molecular complexity index is 1390. The molecule has 7 nitrogen and oxygen atoms in total. The third-order valence-corrected chi connectivity index (χ3v) is 12.5. The molecule has 0 fully saturated rings. The topological polar surface area (TPSA) is 106 Å². The SMILES string of the molecule is CC[As](CC)C/C=C/c1cc(F)ccc1S(=O)(=O)Nc1ccc2c(c1C(=O)O)OCc1occc1-2. The maximum atomic E-state index is 14.0. The number of nitrogens with one attached hydrogen (secondary N) is 1. The Morgan fingerprint density at radius 2 is 1.94 bits per heavy atom. The normalized spacial score (nSPS) is 12.9. The van der Waals surface area contributed by atoms with Gasteiger partial charge in [0.05, 0.1) is 6.26 Å². The number of hydrogen-bond donors (Lipinski definition) is 2. The Hall–Kier alpha value is -3.03. The van der Waals surface area contributed by atoms with Crippen molar-refractivity contribution >= 4 is 42.4 Å². The average molecular weight is 561 g/mol. The van der Waals surface area contributed by atoms with Crippen molar-refractivity contribution in [3.05, 3.63) is 71.4 Å². The van der Waals surface area contributed by atoms with E-state index < -0.39 is 36.5 Å². The van der Waals surface area contributed by atoms with Crippen LogP contribution in [0, 0.1) is 5.82 Å². The van der Waals surface area contributed by atoms with Crippen LogP contribution >= 0.6 is 0 Å². The molecule has 35 heavy (non-hydrogen) atoms. The van der Waals surface area contributed by atoms with Crippen molar-refractivity contribution in [1.82, 2.24) is 0 Å². The summed E-state index contributed by atoms with van der Waals surface area (Å²) in [5.74, 6) is -1.29. The summed E-state index contributed by atoms with van der Waals surface area (Å²) in [6, 6.07) is 8.07. The van der Waals surface area contributed by atoms with Crippen LogP contribution in [0.1, 0.15) is 35.5 Å². The fourth-order valence-electron chi connectivity index (χ4n) is 3.98. The minimum atomic E-state index is -4.25. The van der Waals surface area contributed by atoms with E-state index in [2.05, 4.69) is 18.6 Å². The first-order chi connectivity index (χ1) is 16.7. The van der Waals surface area contributed by atoms with Gasteiger partial charge >= 0.3 is 186 Å².